The van der Waals surface area contributed by atoms with Crippen LogP contribution in [0.2, 0.25) is 0 Å². The first-order valence-corrected chi connectivity index (χ1v) is 9.02. The van der Waals surface area contributed by atoms with Gasteiger partial charge in [0, 0.05) is 6.20 Å². The van der Waals surface area contributed by atoms with Crippen LogP contribution in [0.15, 0.2) is 67.0 Å². The maximum Gasteiger partial charge on any atom is 0.0731 e. The molecule has 0 radical (unpaired) electrons. The van der Waals surface area contributed by atoms with Crippen LogP contribution < -0.4 is 5.32 Å². The lowest BCUT2D eigenvalue weighted by Gasteiger charge is -2.40. The number of hydrogen-bond donors (Lipinski definition) is 1. The highest BCUT2D eigenvalue weighted by molar-refractivity contribution is 5.46. The van der Waals surface area contributed by atoms with Crippen LogP contribution in [0.3, 0.4) is 0 Å². The van der Waals surface area contributed by atoms with Crippen LogP contribution in [-0.4, -0.2) is 9.78 Å². The molecule has 0 aliphatic heterocycles. The van der Waals surface area contributed by atoms with Gasteiger partial charge >= 0.3 is 0 Å². The van der Waals surface area contributed by atoms with E-state index < -0.39 is 0 Å². The van der Waals surface area contributed by atoms with E-state index in [4.69, 9.17) is 0 Å². The minimum atomic E-state index is 0.218. The smallest absolute Gasteiger partial charge is 0.0731 e. The fraction of sp³-hybridized carbons (Fsp3) is 0.318. The van der Waals surface area contributed by atoms with E-state index in [-0.39, 0.29) is 5.41 Å². The first-order valence-electron chi connectivity index (χ1n) is 9.02. The first-order chi connectivity index (χ1) is 12.1. The molecule has 128 valence electrons. The van der Waals surface area contributed by atoms with Gasteiger partial charge in [0.15, 0.2) is 0 Å². The highest BCUT2D eigenvalue weighted by Gasteiger charge is 2.35. The van der Waals surface area contributed by atoms with Crippen LogP contribution in [0.4, 0.5) is 5.69 Å². The molecule has 0 spiro atoms. The normalized spacial score (nSPS) is 18.6. The maximum atomic E-state index is 4.53. The van der Waals surface area contributed by atoms with Crippen molar-refractivity contribution in [2.45, 2.75) is 39.3 Å². The summed E-state index contributed by atoms with van der Waals surface area (Å²) in [6.45, 7) is 5.51. The standard InChI is InChI=1S/C22H25N3/c1-22(2)13-12-18-10-6-7-11-20(18)21(22)24-19-14-23-25(16-19)15-17-8-4-3-5-9-17/h3-11,14,16,21,24H,12-13,15H2,1-2H3. The van der Waals surface area contributed by atoms with Gasteiger partial charge in [0.1, 0.15) is 0 Å². The van der Waals surface area contributed by atoms with Gasteiger partial charge in [-0.3, -0.25) is 4.68 Å². The number of anilines is 1. The third-order valence-corrected chi connectivity index (χ3v) is 5.32. The third kappa shape index (κ3) is 3.32. The van der Waals surface area contributed by atoms with E-state index in [0.717, 1.165) is 18.7 Å². The van der Waals surface area contributed by atoms with E-state index in [0.29, 0.717) is 6.04 Å². The molecule has 1 heterocycles. The summed E-state index contributed by atoms with van der Waals surface area (Å²) >= 11 is 0. The summed E-state index contributed by atoms with van der Waals surface area (Å²) in [6, 6.07) is 19.6. The average Bonchev–Trinajstić information content (AvgIpc) is 3.05. The summed E-state index contributed by atoms with van der Waals surface area (Å²) in [5.74, 6) is 0. The molecule has 1 atom stereocenters. The van der Waals surface area contributed by atoms with Crippen LogP contribution >= 0.6 is 0 Å². The van der Waals surface area contributed by atoms with Crippen molar-refractivity contribution in [2.75, 3.05) is 5.32 Å². The molecule has 2 aromatic carbocycles. The van der Waals surface area contributed by atoms with E-state index in [1.807, 2.05) is 16.9 Å². The molecule has 1 unspecified atom stereocenters. The van der Waals surface area contributed by atoms with Crippen LogP contribution in [0.25, 0.3) is 0 Å². The number of nitrogens with zero attached hydrogens (tertiary/aromatic N) is 2. The Morgan fingerprint density at radius 2 is 1.84 bits per heavy atom. The molecule has 1 aliphatic carbocycles. The van der Waals surface area contributed by atoms with Gasteiger partial charge in [-0.05, 0) is 34.9 Å². The second-order valence-corrected chi connectivity index (χ2v) is 7.68. The fourth-order valence-corrected chi connectivity index (χ4v) is 3.80. The van der Waals surface area contributed by atoms with E-state index in [1.165, 1.54) is 23.1 Å². The highest BCUT2D eigenvalue weighted by Crippen LogP contribution is 2.45. The molecular formula is C22H25N3. The Kier molecular flexibility index (Phi) is 4.08. The number of benzene rings is 2. The van der Waals surface area contributed by atoms with Gasteiger partial charge in [-0.2, -0.15) is 5.10 Å². The molecule has 1 aromatic heterocycles. The molecule has 3 aromatic rings. The van der Waals surface area contributed by atoms with Crippen LogP contribution in [-0.2, 0) is 13.0 Å². The summed E-state index contributed by atoms with van der Waals surface area (Å²) in [6.07, 6.45) is 6.41. The molecular weight excluding hydrogens is 306 g/mol. The van der Waals surface area contributed by atoms with E-state index in [2.05, 4.69) is 79.0 Å². The van der Waals surface area contributed by atoms with Crippen LogP contribution in [0.1, 0.15) is 43.0 Å². The van der Waals surface area contributed by atoms with Crippen molar-refractivity contribution in [1.82, 2.24) is 9.78 Å². The van der Waals surface area contributed by atoms with Crippen molar-refractivity contribution >= 4 is 5.69 Å². The Balaban J connectivity index is 1.56. The monoisotopic (exact) mass is 331 g/mol. The quantitative estimate of drug-likeness (QED) is 0.724. The summed E-state index contributed by atoms with van der Waals surface area (Å²) in [5, 5.41) is 8.29. The Morgan fingerprint density at radius 1 is 1.08 bits per heavy atom. The maximum absolute atomic E-state index is 4.53. The molecule has 4 rings (SSSR count). The molecule has 1 aliphatic rings. The van der Waals surface area contributed by atoms with Crippen molar-refractivity contribution in [3.8, 4) is 0 Å². The zero-order valence-corrected chi connectivity index (χ0v) is 14.9. The van der Waals surface area contributed by atoms with Gasteiger partial charge in [0.25, 0.3) is 0 Å². The van der Waals surface area contributed by atoms with E-state index >= 15 is 0 Å². The Labute approximate surface area is 149 Å². The Bertz CT molecular complexity index is 848. The average molecular weight is 331 g/mol. The van der Waals surface area contributed by atoms with Crippen molar-refractivity contribution in [3.63, 3.8) is 0 Å². The van der Waals surface area contributed by atoms with Gasteiger partial charge in [0.05, 0.1) is 24.5 Å². The minimum absolute atomic E-state index is 0.218. The van der Waals surface area contributed by atoms with Crippen molar-refractivity contribution in [1.29, 1.82) is 0 Å². The fourth-order valence-electron chi connectivity index (χ4n) is 3.80. The molecule has 25 heavy (non-hydrogen) atoms. The summed E-state index contributed by atoms with van der Waals surface area (Å²) in [5.41, 5.74) is 5.47. The zero-order valence-electron chi connectivity index (χ0n) is 14.9. The molecule has 1 N–H and O–H groups in total. The molecule has 0 bridgehead atoms. The first kappa shape index (κ1) is 15.9. The predicted octanol–water partition coefficient (Wildman–Crippen LogP) is 5.06. The largest absolute Gasteiger partial charge is 0.375 e. The third-order valence-electron chi connectivity index (χ3n) is 5.32. The minimum Gasteiger partial charge on any atom is -0.375 e. The van der Waals surface area contributed by atoms with E-state index in [1.54, 1.807) is 0 Å². The highest BCUT2D eigenvalue weighted by atomic mass is 15.3. The van der Waals surface area contributed by atoms with Gasteiger partial charge in [0.2, 0.25) is 0 Å². The van der Waals surface area contributed by atoms with Gasteiger partial charge in [-0.25, -0.2) is 0 Å². The van der Waals surface area contributed by atoms with Crippen molar-refractivity contribution < 1.29 is 0 Å². The number of nitrogens with one attached hydrogen (secondary N) is 1. The summed E-state index contributed by atoms with van der Waals surface area (Å²) in [4.78, 5) is 0. The molecule has 0 saturated carbocycles. The molecule has 3 heteroatoms. The lowest BCUT2D eigenvalue weighted by Crippen LogP contribution is -2.33. The number of rotatable bonds is 4. The van der Waals surface area contributed by atoms with Gasteiger partial charge in [-0.1, -0.05) is 68.4 Å². The number of aromatic nitrogens is 2. The molecule has 0 amide bonds. The summed E-state index contributed by atoms with van der Waals surface area (Å²) < 4.78 is 2.00. The Morgan fingerprint density at radius 3 is 2.68 bits per heavy atom. The molecule has 3 nitrogen and oxygen atoms in total. The lowest BCUT2D eigenvalue weighted by atomic mass is 9.70. The Hall–Kier alpha value is -2.55. The zero-order chi connectivity index (χ0) is 17.3. The number of fused-ring (bicyclic) bond motifs is 1. The topological polar surface area (TPSA) is 29.9 Å². The van der Waals surface area contributed by atoms with Gasteiger partial charge in [-0.15, -0.1) is 0 Å². The second-order valence-electron chi connectivity index (χ2n) is 7.68. The molecule has 0 fully saturated rings. The van der Waals surface area contributed by atoms with Gasteiger partial charge < -0.3 is 5.32 Å². The van der Waals surface area contributed by atoms with Crippen LogP contribution in [0.5, 0.6) is 0 Å². The number of aryl methyl sites for hydroxylation is 1. The summed E-state index contributed by atoms with van der Waals surface area (Å²) in [7, 11) is 0. The lowest BCUT2D eigenvalue weighted by molar-refractivity contribution is 0.265. The van der Waals surface area contributed by atoms with Crippen molar-refractivity contribution in [2.24, 2.45) is 5.41 Å². The van der Waals surface area contributed by atoms with E-state index in [9.17, 15) is 0 Å². The number of hydrogen-bond acceptors (Lipinski definition) is 2. The SMILES string of the molecule is CC1(C)CCc2ccccc2C1Nc1cnn(Cc2ccccc2)c1. The predicted molar refractivity (Wildman–Crippen MR) is 103 cm³/mol. The molecule has 0 saturated heterocycles. The van der Waals surface area contributed by atoms with Crippen molar-refractivity contribution in [3.05, 3.63) is 83.7 Å². The second kappa shape index (κ2) is 6.40. The van der Waals surface area contributed by atoms with Crippen LogP contribution in [0, 0.1) is 5.41 Å².